The highest BCUT2D eigenvalue weighted by molar-refractivity contribution is 7.89. The number of nitrogens with two attached hydrogens (primary N) is 1. The molecule has 0 aliphatic heterocycles. The minimum Gasteiger partial charge on any atom is -0.462 e. The van der Waals surface area contributed by atoms with Crippen molar-refractivity contribution in [3.05, 3.63) is 47.7 Å². The van der Waals surface area contributed by atoms with Crippen LogP contribution in [-0.2, 0) is 14.8 Å². The predicted molar refractivity (Wildman–Crippen MR) is 83.1 cm³/mol. The van der Waals surface area contributed by atoms with E-state index in [1.54, 1.807) is 19.1 Å². The number of ether oxygens (including phenoxy) is 1. The Labute approximate surface area is 134 Å². The quantitative estimate of drug-likeness (QED) is 0.633. The summed E-state index contributed by atoms with van der Waals surface area (Å²) >= 11 is 0. The summed E-state index contributed by atoms with van der Waals surface area (Å²) in [6.07, 6.45) is 1.11. The fourth-order valence-electron chi connectivity index (χ4n) is 1.92. The Bertz CT molecular complexity index is 758. The third kappa shape index (κ3) is 4.15. The van der Waals surface area contributed by atoms with Crippen molar-refractivity contribution in [2.45, 2.75) is 18.0 Å². The lowest BCUT2D eigenvalue weighted by Gasteiger charge is -2.13. The summed E-state index contributed by atoms with van der Waals surface area (Å²) in [6.45, 7) is 1.74. The molecule has 0 bridgehead atoms. The maximum absolute atomic E-state index is 12.3. The second-order valence-electron chi connectivity index (χ2n) is 4.70. The lowest BCUT2D eigenvalue weighted by atomic mass is 10.1. The van der Waals surface area contributed by atoms with Crippen LogP contribution in [0.15, 0.2) is 41.6 Å². The molecule has 2 aromatic rings. The van der Waals surface area contributed by atoms with E-state index in [9.17, 15) is 13.2 Å². The maximum atomic E-state index is 12.3. The smallest absolute Gasteiger partial charge is 0.342 e. The van der Waals surface area contributed by atoms with Crippen LogP contribution in [0.3, 0.4) is 0 Å². The third-order valence-electron chi connectivity index (χ3n) is 3.09. The number of H-pyrrole nitrogens is 1. The molecule has 0 spiro atoms. The maximum Gasteiger partial charge on any atom is 0.342 e. The largest absolute Gasteiger partial charge is 0.462 e. The van der Waals surface area contributed by atoms with Crippen LogP contribution in [0.4, 0.5) is 0 Å². The standard InChI is InChI=1S/C14H18N4O4S/c1-2-22-14(19)11-8-16-18-13(11)23(20,21)17-9-12(15)10-6-4-3-5-7-10/h3-8,12,17H,2,9,15H2,1H3,(H,16,18). The SMILES string of the molecule is CCOC(=O)c1cn[nH]c1S(=O)(=O)NCC(N)c1ccccc1. The number of benzene rings is 1. The molecule has 0 saturated heterocycles. The predicted octanol–water partition coefficient (Wildman–Crippen LogP) is 0.565. The molecule has 1 heterocycles. The van der Waals surface area contributed by atoms with E-state index < -0.39 is 22.0 Å². The molecule has 0 saturated carbocycles. The van der Waals surface area contributed by atoms with E-state index in [-0.39, 0.29) is 23.7 Å². The molecule has 2 rings (SSSR count). The Hall–Kier alpha value is -2.23. The van der Waals surface area contributed by atoms with E-state index in [1.807, 2.05) is 18.2 Å². The van der Waals surface area contributed by atoms with Crippen molar-refractivity contribution >= 4 is 16.0 Å². The molecule has 0 radical (unpaired) electrons. The molecule has 1 unspecified atom stereocenters. The Morgan fingerprint density at radius 1 is 1.39 bits per heavy atom. The molecule has 0 aliphatic rings. The first-order valence-electron chi connectivity index (χ1n) is 6.96. The van der Waals surface area contributed by atoms with Crippen molar-refractivity contribution in [2.75, 3.05) is 13.2 Å². The minimum absolute atomic E-state index is 0.0202. The lowest BCUT2D eigenvalue weighted by Crippen LogP contribution is -2.33. The summed E-state index contributed by atoms with van der Waals surface area (Å²) in [5.41, 5.74) is 6.61. The molecule has 1 atom stereocenters. The highest BCUT2D eigenvalue weighted by Crippen LogP contribution is 2.14. The molecular formula is C14H18N4O4S. The van der Waals surface area contributed by atoms with Crippen molar-refractivity contribution in [1.29, 1.82) is 0 Å². The van der Waals surface area contributed by atoms with E-state index >= 15 is 0 Å². The lowest BCUT2D eigenvalue weighted by molar-refractivity contribution is 0.0522. The zero-order chi connectivity index (χ0) is 16.9. The van der Waals surface area contributed by atoms with Gasteiger partial charge in [-0.15, -0.1) is 0 Å². The van der Waals surface area contributed by atoms with Gasteiger partial charge in [0.25, 0.3) is 10.0 Å². The summed E-state index contributed by atoms with van der Waals surface area (Å²) in [6, 6.07) is 8.57. The van der Waals surface area contributed by atoms with Crippen LogP contribution in [0.5, 0.6) is 0 Å². The highest BCUT2D eigenvalue weighted by atomic mass is 32.2. The number of nitrogens with zero attached hydrogens (tertiary/aromatic N) is 1. The average Bonchev–Trinajstić information content (AvgIpc) is 3.04. The highest BCUT2D eigenvalue weighted by Gasteiger charge is 2.26. The average molecular weight is 338 g/mol. The van der Waals surface area contributed by atoms with Crippen LogP contribution >= 0.6 is 0 Å². The zero-order valence-corrected chi connectivity index (χ0v) is 13.3. The number of carbonyl (C=O) groups excluding carboxylic acids is 1. The van der Waals surface area contributed by atoms with Crippen LogP contribution in [0, 0.1) is 0 Å². The Balaban J connectivity index is 2.11. The fraction of sp³-hybridized carbons (Fsp3) is 0.286. The fourth-order valence-corrected chi connectivity index (χ4v) is 3.06. The number of aromatic amines is 1. The van der Waals surface area contributed by atoms with Gasteiger partial charge in [0.2, 0.25) is 0 Å². The van der Waals surface area contributed by atoms with Gasteiger partial charge in [-0.05, 0) is 12.5 Å². The second-order valence-corrected chi connectivity index (χ2v) is 6.41. The zero-order valence-electron chi connectivity index (χ0n) is 12.5. The Kier molecular flexibility index (Phi) is 5.48. The van der Waals surface area contributed by atoms with E-state index in [0.717, 1.165) is 11.8 Å². The number of nitrogens with one attached hydrogen (secondary N) is 2. The number of esters is 1. The van der Waals surface area contributed by atoms with Crippen LogP contribution < -0.4 is 10.5 Å². The van der Waals surface area contributed by atoms with Gasteiger partial charge in [0.1, 0.15) is 5.56 Å². The van der Waals surface area contributed by atoms with E-state index in [2.05, 4.69) is 14.9 Å². The van der Waals surface area contributed by atoms with Crippen molar-refractivity contribution in [3.8, 4) is 0 Å². The van der Waals surface area contributed by atoms with Crippen LogP contribution in [0.2, 0.25) is 0 Å². The summed E-state index contributed by atoms with van der Waals surface area (Å²) in [5, 5.41) is 5.57. The monoisotopic (exact) mass is 338 g/mol. The van der Waals surface area contributed by atoms with Gasteiger partial charge in [0.15, 0.2) is 5.03 Å². The van der Waals surface area contributed by atoms with E-state index in [0.29, 0.717) is 0 Å². The number of hydrogen-bond acceptors (Lipinski definition) is 6. The Morgan fingerprint density at radius 3 is 2.74 bits per heavy atom. The van der Waals surface area contributed by atoms with Gasteiger partial charge in [-0.2, -0.15) is 5.10 Å². The van der Waals surface area contributed by atoms with Gasteiger partial charge in [-0.3, -0.25) is 5.10 Å². The first-order chi connectivity index (χ1) is 11.0. The molecule has 0 fully saturated rings. The molecule has 0 amide bonds. The molecular weight excluding hydrogens is 320 g/mol. The number of aromatic nitrogens is 2. The van der Waals surface area contributed by atoms with Gasteiger partial charge in [0.05, 0.1) is 12.8 Å². The molecule has 0 aliphatic carbocycles. The van der Waals surface area contributed by atoms with Gasteiger partial charge >= 0.3 is 5.97 Å². The summed E-state index contributed by atoms with van der Waals surface area (Å²) in [5.74, 6) is -0.756. The number of sulfonamides is 1. The topological polar surface area (TPSA) is 127 Å². The summed E-state index contributed by atoms with van der Waals surface area (Å²) < 4.78 is 31.8. The normalized spacial score (nSPS) is 12.8. The van der Waals surface area contributed by atoms with Gasteiger partial charge in [-0.1, -0.05) is 30.3 Å². The molecule has 9 heteroatoms. The first-order valence-corrected chi connectivity index (χ1v) is 8.44. The van der Waals surface area contributed by atoms with E-state index in [1.165, 1.54) is 0 Å². The number of hydrogen-bond donors (Lipinski definition) is 3. The van der Waals surface area contributed by atoms with Gasteiger partial charge in [0, 0.05) is 12.6 Å². The summed E-state index contributed by atoms with van der Waals surface area (Å²) in [4.78, 5) is 11.7. The van der Waals surface area contributed by atoms with Crippen molar-refractivity contribution in [3.63, 3.8) is 0 Å². The Morgan fingerprint density at radius 2 is 2.09 bits per heavy atom. The van der Waals surface area contributed by atoms with Crippen LogP contribution in [0.25, 0.3) is 0 Å². The molecule has 1 aromatic heterocycles. The molecule has 124 valence electrons. The van der Waals surface area contributed by atoms with Crippen LogP contribution in [0.1, 0.15) is 28.9 Å². The van der Waals surface area contributed by atoms with Gasteiger partial charge < -0.3 is 10.5 Å². The molecule has 8 nitrogen and oxygen atoms in total. The second kappa shape index (κ2) is 7.36. The van der Waals surface area contributed by atoms with Crippen molar-refractivity contribution in [2.24, 2.45) is 5.73 Å². The minimum atomic E-state index is -3.96. The number of carbonyl (C=O) groups is 1. The first kappa shape index (κ1) is 17.1. The molecule has 1 aromatic carbocycles. The van der Waals surface area contributed by atoms with Gasteiger partial charge in [-0.25, -0.2) is 17.9 Å². The van der Waals surface area contributed by atoms with E-state index in [4.69, 9.17) is 10.5 Å². The summed E-state index contributed by atoms with van der Waals surface area (Å²) in [7, 11) is -3.96. The third-order valence-corrected chi connectivity index (χ3v) is 4.48. The molecule has 23 heavy (non-hydrogen) atoms. The molecule has 4 N–H and O–H groups in total. The van der Waals surface area contributed by atoms with Crippen molar-refractivity contribution < 1.29 is 17.9 Å². The van der Waals surface area contributed by atoms with Crippen molar-refractivity contribution in [1.82, 2.24) is 14.9 Å². The number of rotatable bonds is 7. The van der Waals surface area contributed by atoms with Crippen LogP contribution in [-0.4, -0.2) is 37.7 Å².